The third kappa shape index (κ3) is 4.67. The fourth-order valence-electron chi connectivity index (χ4n) is 3.12. The summed E-state index contributed by atoms with van der Waals surface area (Å²) in [6.45, 7) is 5.97. The Labute approximate surface area is 150 Å². The fourth-order valence-corrected chi connectivity index (χ4v) is 4.15. The zero-order valence-corrected chi connectivity index (χ0v) is 15.3. The Hall–Kier alpha value is -1.73. The van der Waals surface area contributed by atoms with E-state index in [1.807, 2.05) is 37.3 Å². The Bertz CT molecular complexity index is 770. The molecule has 0 unspecified atom stereocenters. The van der Waals surface area contributed by atoms with E-state index in [9.17, 15) is 8.42 Å². The van der Waals surface area contributed by atoms with Gasteiger partial charge in [0, 0.05) is 38.8 Å². The highest BCUT2D eigenvalue weighted by Gasteiger charge is 2.24. The molecule has 1 aliphatic heterocycles. The smallest absolute Gasteiger partial charge is 0.240 e. The van der Waals surface area contributed by atoms with Gasteiger partial charge in [0.05, 0.1) is 4.90 Å². The van der Waals surface area contributed by atoms with E-state index in [1.165, 1.54) is 0 Å². The van der Waals surface area contributed by atoms with E-state index in [-0.39, 0.29) is 6.04 Å². The standard InChI is InChI=1S/C19H25N3O2S/c1-16-7-9-18(10-8-16)25(23,24)21-15-19(17-5-3-2-4-6-17)22-13-11-20-12-14-22/h2-10,19-21H,11-15H2,1H3/t19-/m1/s1. The van der Waals surface area contributed by atoms with E-state index in [2.05, 4.69) is 27.1 Å². The Morgan fingerprint density at radius 1 is 1.04 bits per heavy atom. The molecule has 0 radical (unpaired) electrons. The number of nitrogens with one attached hydrogen (secondary N) is 2. The molecule has 0 amide bonds. The van der Waals surface area contributed by atoms with Gasteiger partial charge >= 0.3 is 0 Å². The summed E-state index contributed by atoms with van der Waals surface area (Å²) in [5, 5.41) is 3.34. The minimum absolute atomic E-state index is 0.0310. The van der Waals surface area contributed by atoms with Crippen LogP contribution in [0.4, 0.5) is 0 Å². The lowest BCUT2D eigenvalue weighted by atomic mass is 10.0. The maximum Gasteiger partial charge on any atom is 0.240 e. The van der Waals surface area contributed by atoms with Gasteiger partial charge in [0.2, 0.25) is 10.0 Å². The quantitative estimate of drug-likeness (QED) is 0.827. The predicted molar refractivity (Wildman–Crippen MR) is 100.0 cm³/mol. The number of hydrogen-bond acceptors (Lipinski definition) is 4. The summed E-state index contributed by atoms with van der Waals surface area (Å²) in [6, 6.07) is 17.1. The Morgan fingerprint density at radius 2 is 1.68 bits per heavy atom. The van der Waals surface area contributed by atoms with Gasteiger partial charge in [-0.3, -0.25) is 4.90 Å². The van der Waals surface area contributed by atoms with Crippen molar-refractivity contribution in [3.8, 4) is 0 Å². The van der Waals surface area contributed by atoms with Crippen molar-refractivity contribution < 1.29 is 8.42 Å². The summed E-state index contributed by atoms with van der Waals surface area (Å²) in [4.78, 5) is 2.65. The van der Waals surface area contributed by atoms with Crippen molar-refractivity contribution in [3.05, 3.63) is 65.7 Å². The average Bonchev–Trinajstić information content (AvgIpc) is 2.64. The van der Waals surface area contributed by atoms with E-state index >= 15 is 0 Å². The lowest BCUT2D eigenvalue weighted by Crippen LogP contribution is -2.48. The van der Waals surface area contributed by atoms with Gasteiger partial charge in [-0.15, -0.1) is 0 Å². The molecule has 1 heterocycles. The van der Waals surface area contributed by atoms with Crippen LogP contribution in [0.3, 0.4) is 0 Å². The normalized spacial score (nSPS) is 17.3. The molecule has 5 nitrogen and oxygen atoms in total. The molecule has 1 saturated heterocycles. The van der Waals surface area contributed by atoms with Crippen molar-refractivity contribution in [2.75, 3.05) is 32.7 Å². The first-order chi connectivity index (χ1) is 12.1. The second-order valence-electron chi connectivity index (χ2n) is 6.38. The molecule has 6 heteroatoms. The van der Waals surface area contributed by atoms with E-state index < -0.39 is 10.0 Å². The van der Waals surface area contributed by atoms with Gasteiger partial charge in [0.1, 0.15) is 0 Å². The van der Waals surface area contributed by atoms with E-state index in [0.717, 1.165) is 37.3 Å². The molecule has 1 atom stereocenters. The van der Waals surface area contributed by atoms with Crippen LogP contribution in [0.2, 0.25) is 0 Å². The highest BCUT2D eigenvalue weighted by Crippen LogP contribution is 2.21. The van der Waals surface area contributed by atoms with Crippen LogP contribution >= 0.6 is 0 Å². The Morgan fingerprint density at radius 3 is 2.32 bits per heavy atom. The summed E-state index contributed by atoms with van der Waals surface area (Å²) < 4.78 is 28.0. The zero-order valence-electron chi connectivity index (χ0n) is 14.5. The molecule has 0 aromatic heterocycles. The summed E-state index contributed by atoms with van der Waals surface area (Å²) >= 11 is 0. The summed E-state index contributed by atoms with van der Waals surface area (Å²) in [7, 11) is -3.51. The number of aryl methyl sites for hydroxylation is 1. The molecule has 0 bridgehead atoms. The van der Waals surface area contributed by atoms with Crippen molar-refractivity contribution in [2.24, 2.45) is 0 Å². The monoisotopic (exact) mass is 359 g/mol. The van der Waals surface area contributed by atoms with Gasteiger partial charge < -0.3 is 5.32 Å². The molecule has 25 heavy (non-hydrogen) atoms. The van der Waals surface area contributed by atoms with Crippen molar-refractivity contribution in [2.45, 2.75) is 17.9 Å². The second-order valence-corrected chi connectivity index (χ2v) is 8.14. The predicted octanol–water partition coefficient (Wildman–Crippen LogP) is 1.92. The van der Waals surface area contributed by atoms with Crippen LogP contribution in [0.5, 0.6) is 0 Å². The first kappa shape index (κ1) is 18.1. The number of rotatable bonds is 6. The van der Waals surface area contributed by atoms with Gasteiger partial charge in [-0.05, 0) is 24.6 Å². The Balaban J connectivity index is 1.77. The van der Waals surface area contributed by atoms with Crippen LogP contribution in [0, 0.1) is 6.92 Å². The average molecular weight is 359 g/mol. The zero-order chi connectivity index (χ0) is 17.7. The molecule has 0 saturated carbocycles. The van der Waals surface area contributed by atoms with Crippen LogP contribution < -0.4 is 10.0 Å². The van der Waals surface area contributed by atoms with Crippen molar-refractivity contribution in [1.82, 2.24) is 14.9 Å². The highest BCUT2D eigenvalue weighted by molar-refractivity contribution is 7.89. The van der Waals surface area contributed by atoms with Crippen LogP contribution in [0.1, 0.15) is 17.2 Å². The molecule has 2 N–H and O–H groups in total. The van der Waals surface area contributed by atoms with E-state index in [1.54, 1.807) is 12.1 Å². The number of sulfonamides is 1. The maximum atomic E-state index is 12.6. The third-order valence-corrected chi connectivity index (χ3v) is 6.01. The number of piperazine rings is 1. The number of hydrogen-bond donors (Lipinski definition) is 2. The molecule has 0 aliphatic carbocycles. The van der Waals surface area contributed by atoms with Gasteiger partial charge in [0.15, 0.2) is 0 Å². The molecule has 2 aromatic rings. The third-order valence-electron chi connectivity index (χ3n) is 4.57. The molecule has 0 spiro atoms. The topological polar surface area (TPSA) is 61.4 Å². The molecule has 3 rings (SSSR count). The molecule has 1 fully saturated rings. The van der Waals surface area contributed by atoms with Crippen molar-refractivity contribution in [3.63, 3.8) is 0 Å². The number of nitrogens with zero attached hydrogens (tertiary/aromatic N) is 1. The minimum atomic E-state index is -3.51. The van der Waals surface area contributed by atoms with Crippen molar-refractivity contribution >= 4 is 10.0 Å². The summed E-state index contributed by atoms with van der Waals surface area (Å²) in [5.41, 5.74) is 2.18. The van der Waals surface area contributed by atoms with Gasteiger partial charge in [-0.25, -0.2) is 13.1 Å². The second kappa shape index (κ2) is 8.10. The summed E-state index contributed by atoms with van der Waals surface area (Å²) in [5.74, 6) is 0. The van der Waals surface area contributed by atoms with Gasteiger partial charge in [-0.2, -0.15) is 0 Å². The van der Waals surface area contributed by atoms with Crippen LogP contribution in [-0.4, -0.2) is 46.0 Å². The van der Waals surface area contributed by atoms with Crippen LogP contribution in [-0.2, 0) is 10.0 Å². The molecular formula is C19H25N3O2S. The van der Waals surface area contributed by atoms with E-state index in [4.69, 9.17) is 0 Å². The van der Waals surface area contributed by atoms with Gasteiger partial charge in [-0.1, -0.05) is 48.0 Å². The SMILES string of the molecule is Cc1ccc(S(=O)(=O)NC[C@H](c2ccccc2)N2CCNCC2)cc1. The molecule has 2 aromatic carbocycles. The number of benzene rings is 2. The lowest BCUT2D eigenvalue weighted by molar-refractivity contribution is 0.175. The maximum absolute atomic E-state index is 12.6. The van der Waals surface area contributed by atoms with Crippen LogP contribution in [0.25, 0.3) is 0 Å². The van der Waals surface area contributed by atoms with Crippen molar-refractivity contribution in [1.29, 1.82) is 0 Å². The van der Waals surface area contributed by atoms with Crippen LogP contribution in [0.15, 0.2) is 59.5 Å². The fraction of sp³-hybridized carbons (Fsp3) is 0.368. The molecule has 134 valence electrons. The molecule has 1 aliphatic rings. The largest absolute Gasteiger partial charge is 0.314 e. The first-order valence-electron chi connectivity index (χ1n) is 8.62. The first-order valence-corrected chi connectivity index (χ1v) is 10.1. The summed E-state index contributed by atoms with van der Waals surface area (Å²) in [6.07, 6.45) is 0. The Kier molecular flexibility index (Phi) is 5.86. The molecular weight excluding hydrogens is 334 g/mol. The highest BCUT2D eigenvalue weighted by atomic mass is 32.2. The van der Waals surface area contributed by atoms with E-state index in [0.29, 0.717) is 11.4 Å². The minimum Gasteiger partial charge on any atom is -0.314 e. The lowest BCUT2D eigenvalue weighted by Gasteiger charge is -2.35. The van der Waals surface area contributed by atoms with Gasteiger partial charge in [0.25, 0.3) is 0 Å².